The minimum Gasteiger partial charge on any atom is -0.495 e. The largest absolute Gasteiger partial charge is 0.495 e. The number of carbonyl (C=O) groups excluding carboxylic acids is 4. The van der Waals surface area contributed by atoms with Crippen molar-refractivity contribution in [1.29, 1.82) is 0 Å². The Labute approximate surface area is 215 Å². The lowest BCUT2D eigenvalue weighted by Crippen LogP contribution is -2.55. The number of nitrogens with two attached hydrogens (primary N) is 1. The van der Waals surface area contributed by atoms with Crippen LogP contribution < -0.4 is 26.4 Å². The van der Waals surface area contributed by atoms with Crippen molar-refractivity contribution in [1.82, 2.24) is 20.9 Å². The highest BCUT2D eigenvalue weighted by molar-refractivity contribution is 6.37. The lowest BCUT2D eigenvalue weighted by atomic mass is 9.87. The topological polar surface area (TPSA) is 155 Å². The molecule has 1 aliphatic heterocycles. The van der Waals surface area contributed by atoms with Crippen LogP contribution in [0.1, 0.15) is 56.9 Å². The van der Waals surface area contributed by atoms with Crippen molar-refractivity contribution in [3.05, 3.63) is 28.9 Å². The van der Waals surface area contributed by atoms with Gasteiger partial charge in [-0.05, 0) is 49.3 Å². The molecule has 1 saturated heterocycles. The molecule has 0 aliphatic carbocycles. The van der Waals surface area contributed by atoms with E-state index < -0.39 is 35.7 Å². The molecule has 6 N–H and O–H groups in total. The van der Waals surface area contributed by atoms with Gasteiger partial charge in [-0.15, -0.1) is 0 Å². The molecular weight excluding hydrogens is 486 g/mol. The third kappa shape index (κ3) is 6.69. The molecule has 0 saturated carbocycles. The zero-order valence-electron chi connectivity index (χ0n) is 21.0. The molecule has 11 heteroatoms. The van der Waals surface area contributed by atoms with Gasteiger partial charge in [0.25, 0.3) is 5.91 Å². The van der Waals surface area contributed by atoms with Crippen molar-refractivity contribution < 1.29 is 23.9 Å². The quantitative estimate of drug-likeness (QED) is 0.343. The summed E-state index contributed by atoms with van der Waals surface area (Å²) in [6.07, 6.45) is 1.81. The van der Waals surface area contributed by atoms with E-state index in [9.17, 15) is 19.2 Å². The summed E-state index contributed by atoms with van der Waals surface area (Å²) in [7, 11) is 1.50. The highest BCUT2D eigenvalue weighted by atomic mass is 35.5. The highest BCUT2D eigenvalue weighted by Gasteiger charge is 2.33. The van der Waals surface area contributed by atoms with Gasteiger partial charge in [-0.3, -0.25) is 19.2 Å². The second-order valence-electron chi connectivity index (χ2n) is 10.3. The number of fused-ring (bicyclic) bond motifs is 1. The van der Waals surface area contributed by atoms with Crippen LogP contribution in [0.15, 0.2) is 18.2 Å². The monoisotopic (exact) mass is 519 g/mol. The standard InChI is InChI=1S/C25H34ClN5O5/c1-25(2,3)12-18(24(35)30-16(21(27)32)10-13-6-5-9-28-22(13)33)31-23(34)17-11-14-15(29-17)7-8-19(36-4)20(14)26/h7-8,11,13,16,18,29H,5-6,9-10,12H2,1-4H3,(H2,27,32)(H,28,33)(H,30,35)(H,31,34)/t13-,16-,18-/m0/s1. The fourth-order valence-corrected chi connectivity index (χ4v) is 4.65. The summed E-state index contributed by atoms with van der Waals surface area (Å²) in [5.41, 5.74) is 6.09. The average molecular weight is 520 g/mol. The molecule has 1 aromatic heterocycles. The Balaban J connectivity index is 1.78. The summed E-state index contributed by atoms with van der Waals surface area (Å²) in [4.78, 5) is 53.6. The third-order valence-electron chi connectivity index (χ3n) is 6.18. The molecule has 1 aromatic carbocycles. The van der Waals surface area contributed by atoms with E-state index in [0.717, 1.165) is 6.42 Å². The molecule has 0 spiro atoms. The Morgan fingerprint density at radius 2 is 1.94 bits per heavy atom. The first kappa shape index (κ1) is 27.3. The number of nitrogens with one attached hydrogen (secondary N) is 4. The molecule has 3 rings (SSSR count). The summed E-state index contributed by atoms with van der Waals surface area (Å²) in [6, 6.07) is 3.04. The fourth-order valence-electron chi connectivity index (χ4n) is 4.35. The van der Waals surface area contributed by atoms with Crippen LogP contribution in [0.25, 0.3) is 10.9 Å². The summed E-state index contributed by atoms with van der Waals surface area (Å²) in [6.45, 7) is 6.40. The number of carbonyl (C=O) groups is 4. The molecule has 1 fully saturated rings. The van der Waals surface area contributed by atoms with Crippen LogP contribution in [0.2, 0.25) is 5.02 Å². The molecule has 0 unspecified atom stereocenters. The number of aromatic nitrogens is 1. The predicted octanol–water partition coefficient (Wildman–Crippen LogP) is 2.25. The van der Waals surface area contributed by atoms with Crippen molar-refractivity contribution in [2.75, 3.05) is 13.7 Å². The summed E-state index contributed by atoms with van der Waals surface area (Å²) >= 11 is 6.37. The number of piperidine rings is 1. The van der Waals surface area contributed by atoms with Crippen molar-refractivity contribution in [3.63, 3.8) is 0 Å². The second-order valence-corrected chi connectivity index (χ2v) is 10.7. The number of ether oxygens (including phenoxy) is 1. The number of H-pyrrole nitrogens is 1. The molecule has 0 bridgehead atoms. The maximum Gasteiger partial charge on any atom is 0.268 e. The van der Waals surface area contributed by atoms with Crippen molar-refractivity contribution in [2.45, 2.75) is 58.5 Å². The molecule has 1 aliphatic rings. The van der Waals surface area contributed by atoms with E-state index in [0.29, 0.717) is 41.1 Å². The molecule has 2 aromatic rings. The van der Waals surface area contributed by atoms with Crippen LogP contribution in [-0.2, 0) is 14.4 Å². The van der Waals surface area contributed by atoms with Crippen molar-refractivity contribution in [2.24, 2.45) is 17.1 Å². The van der Waals surface area contributed by atoms with Crippen LogP contribution >= 0.6 is 11.6 Å². The van der Waals surface area contributed by atoms with Gasteiger partial charge in [0.2, 0.25) is 17.7 Å². The Kier molecular flexibility index (Phi) is 8.50. The third-order valence-corrected chi connectivity index (χ3v) is 6.57. The van der Waals surface area contributed by atoms with E-state index in [2.05, 4.69) is 20.9 Å². The van der Waals surface area contributed by atoms with Crippen LogP contribution in [0, 0.1) is 11.3 Å². The Morgan fingerprint density at radius 1 is 1.22 bits per heavy atom. The number of halogens is 1. The normalized spacial score (nSPS) is 17.7. The number of hydrogen-bond donors (Lipinski definition) is 5. The number of primary amides is 1. The summed E-state index contributed by atoms with van der Waals surface area (Å²) < 4.78 is 5.23. The molecule has 3 atom stereocenters. The SMILES string of the molecule is COc1ccc2[nH]c(C(=O)N[C@@H](CC(C)(C)C)C(=O)N[C@@H](C[C@@H]3CCCNC3=O)C(N)=O)cc2c1Cl. The lowest BCUT2D eigenvalue weighted by Gasteiger charge is -2.29. The van der Waals surface area contributed by atoms with E-state index in [1.165, 1.54) is 7.11 Å². The highest BCUT2D eigenvalue weighted by Crippen LogP contribution is 2.33. The van der Waals surface area contributed by atoms with Gasteiger partial charge in [0.1, 0.15) is 23.5 Å². The van der Waals surface area contributed by atoms with Crippen LogP contribution in [0.3, 0.4) is 0 Å². The Bertz CT molecular complexity index is 1160. The Morgan fingerprint density at radius 3 is 2.56 bits per heavy atom. The number of rotatable bonds is 9. The summed E-state index contributed by atoms with van der Waals surface area (Å²) in [5.74, 6) is -1.89. The second kappa shape index (κ2) is 11.2. The van der Waals surface area contributed by atoms with E-state index in [4.69, 9.17) is 22.1 Å². The van der Waals surface area contributed by atoms with Gasteiger partial charge >= 0.3 is 0 Å². The van der Waals surface area contributed by atoms with E-state index >= 15 is 0 Å². The first-order valence-electron chi connectivity index (χ1n) is 11.9. The lowest BCUT2D eigenvalue weighted by molar-refractivity contribution is -0.131. The van der Waals surface area contributed by atoms with Gasteiger partial charge in [-0.25, -0.2) is 0 Å². The maximum absolute atomic E-state index is 13.3. The predicted molar refractivity (Wildman–Crippen MR) is 137 cm³/mol. The number of amides is 4. The van der Waals surface area contributed by atoms with Crippen LogP contribution in [0.4, 0.5) is 0 Å². The average Bonchev–Trinajstić information content (AvgIpc) is 3.24. The van der Waals surface area contributed by atoms with Gasteiger partial charge in [0, 0.05) is 23.4 Å². The Hall–Kier alpha value is -3.27. The molecule has 10 nitrogen and oxygen atoms in total. The van der Waals surface area contributed by atoms with Gasteiger partial charge in [0.15, 0.2) is 0 Å². The molecule has 0 radical (unpaired) electrons. The zero-order valence-corrected chi connectivity index (χ0v) is 21.8. The van der Waals surface area contributed by atoms with Gasteiger partial charge in [-0.2, -0.15) is 0 Å². The smallest absolute Gasteiger partial charge is 0.268 e. The summed E-state index contributed by atoms with van der Waals surface area (Å²) in [5, 5.41) is 9.17. The van der Waals surface area contributed by atoms with E-state index in [1.807, 2.05) is 20.8 Å². The minimum absolute atomic E-state index is 0.103. The fraction of sp³-hybridized carbons (Fsp3) is 0.520. The molecule has 196 valence electrons. The van der Waals surface area contributed by atoms with E-state index in [-0.39, 0.29) is 23.4 Å². The van der Waals surface area contributed by atoms with Gasteiger partial charge in [-0.1, -0.05) is 32.4 Å². The first-order chi connectivity index (χ1) is 16.9. The van der Waals surface area contributed by atoms with Crippen LogP contribution in [-0.4, -0.2) is 54.4 Å². The van der Waals surface area contributed by atoms with E-state index in [1.54, 1.807) is 18.2 Å². The zero-order chi connectivity index (χ0) is 26.6. The van der Waals surface area contributed by atoms with Crippen molar-refractivity contribution >= 4 is 46.1 Å². The minimum atomic E-state index is -1.04. The first-order valence-corrected chi connectivity index (χ1v) is 12.3. The molecular formula is C25H34ClN5O5. The number of aromatic amines is 1. The number of hydrogen-bond acceptors (Lipinski definition) is 5. The van der Waals surface area contributed by atoms with Gasteiger partial charge < -0.3 is 31.4 Å². The van der Waals surface area contributed by atoms with Gasteiger partial charge in [0.05, 0.1) is 12.1 Å². The van der Waals surface area contributed by atoms with Crippen LogP contribution in [0.5, 0.6) is 5.75 Å². The molecule has 36 heavy (non-hydrogen) atoms. The number of methoxy groups -OCH3 is 1. The maximum atomic E-state index is 13.3. The van der Waals surface area contributed by atoms with Crippen molar-refractivity contribution in [3.8, 4) is 5.75 Å². The number of benzene rings is 1. The molecule has 4 amide bonds. The molecule has 2 heterocycles.